The van der Waals surface area contributed by atoms with Gasteiger partial charge < -0.3 is 10.1 Å². The molecule has 0 spiro atoms. The van der Waals surface area contributed by atoms with E-state index in [9.17, 15) is 0 Å². The van der Waals surface area contributed by atoms with Crippen molar-refractivity contribution in [2.75, 3.05) is 6.54 Å². The Morgan fingerprint density at radius 1 is 1.30 bits per heavy atom. The Bertz CT molecular complexity index is 608. The van der Waals surface area contributed by atoms with Crippen LogP contribution < -0.4 is 10.1 Å². The van der Waals surface area contributed by atoms with Crippen LogP contribution in [-0.2, 0) is 6.54 Å². The lowest BCUT2D eigenvalue weighted by Crippen LogP contribution is -2.11. The SMILES string of the molecule is CCNCc1cnc(Oc2ccc(Cl)cc2Br)c(Cl)c1. The molecule has 0 saturated heterocycles. The van der Waals surface area contributed by atoms with Gasteiger partial charge in [-0.05, 0) is 52.3 Å². The van der Waals surface area contributed by atoms with E-state index < -0.39 is 0 Å². The second-order valence-electron chi connectivity index (χ2n) is 4.09. The molecule has 0 saturated carbocycles. The van der Waals surface area contributed by atoms with Gasteiger partial charge in [-0.2, -0.15) is 0 Å². The average molecular weight is 376 g/mol. The molecular weight excluding hydrogens is 363 g/mol. The molecule has 20 heavy (non-hydrogen) atoms. The van der Waals surface area contributed by atoms with Gasteiger partial charge in [-0.15, -0.1) is 0 Å². The fraction of sp³-hybridized carbons (Fsp3) is 0.214. The maximum atomic E-state index is 6.19. The predicted octanol–water partition coefficient (Wildman–Crippen LogP) is 5.05. The molecule has 0 aliphatic heterocycles. The van der Waals surface area contributed by atoms with E-state index in [-0.39, 0.29) is 0 Å². The lowest BCUT2D eigenvalue weighted by molar-refractivity contribution is 0.460. The van der Waals surface area contributed by atoms with Crippen LogP contribution in [0.5, 0.6) is 11.6 Å². The van der Waals surface area contributed by atoms with Gasteiger partial charge in [0.05, 0.1) is 4.47 Å². The van der Waals surface area contributed by atoms with Crippen molar-refractivity contribution in [1.29, 1.82) is 0 Å². The average Bonchev–Trinajstić information content (AvgIpc) is 2.42. The topological polar surface area (TPSA) is 34.2 Å². The summed E-state index contributed by atoms with van der Waals surface area (Å²) in [6.07, 6.45) is 1.74. The molecule has 2 rings (SSSR count). The van der Waals surface area contributed by atoms with Gasteiger partial charge in [-0.3, -0.25) is 0 Å². The van der Waals surface area contributed by atoms with Gasteiger partial charge >= 0.3 is 0 Å². The molecule has 0 aliphatic rings. The van der Waals surface area contributed by atoms with Crippen molar-refractivity contribution in [3.8, 4) is 11.6 Å². The summed E-state index contributed by atoms with van der Waals surface area (Å²) in [5.41, 5.74) is 1.01. The molecule has 1 heterocycles. The van der Waals surface area contributed by atoms with Crippen molar-refractivity contribution >= 4 is 39.1 Å². The Kier molecular flexibility index (Phi) is 5.66. The summed E-state index contributed by atoms with van der Waals surface area (Å²) >= 11 is 15.5. The van der Waals surface area contributed by atoms with E-state index in [2.05, 4.69) is 26.2 Å². The van der Waals surface area contributed by atoms with Gasteiger partial charge in [-0.1, -0.05) is 30.1 Å². The fourth-order valence-electron chi connectivity index (χ4n) is 1.57. The molecule has 0 bridgehead atoms. The number of nitrogens with zero attached hydrogens (tertiary/aromatic N) is 1. The lowest BCUT2D eigenvalue weighted by Gasteiger charge is -2.10. The highest BCUT2D eigenvalue weighted by molar-refractivity contribution is 9.10. The standard InChI is InChI=1S/C14H13BrCl2N2O/c1-2-18-7-9-5-12(17)14(19-8-9)20-13-4-3-10(16)6-11(13)15/h3-6,8,18H,2,7H2,1H3. The Balaban J connectivity index is 2.17. The highest BCUT2D eigenvalue weighted by Gasteiger charge is 2.09. The number of hydrogen-bond acceptors (Lipinski definition) is 3. The molecule has 106 valence electrons. The first-order valence-corrected chi connectivity index (χ1v) is 7.63. The molecule has 1 N–H and O–H groups in total. The summed E-state index contributed by atoms with van der Waals surface area (Å²) < 4.78 is 6.44. The largest absolute Gasteiger partial charge is 0.436 e. The van der Waals surface area contributed by atoms with Crippen molar-refractivity contribution in [3.05, 3.63) is 50.5 Å². The summed E-state index contributed by atoms with van der Waals surface area (Å²) in [6, 6.07) is 7.10. The van der Waals surface area contributed by atoms with Crippen LogP contribution in [0.4, 0.5) is 0 Å². The molecule has 0 atom stereocenters. The van der Waals surface area contributed by atoms with Gasteiger partial charge in [-0.25, -0.2) is 4.98 Å². The van der Waals surface area contributed by atoms with Crippen LogP contribution in [0, 0.1) is 0 Å². The Morgan fingerprint density at radius 2 is 2.10 bits per heavy atom. The molecule has 1 aromatic carbocycles. The second kappa shape index (κ2) is 7.27. The molecular formula is C14H13BrCl2N2O. The smallest absolute Gasteiger partial charge is 0.238 e. The lowest BCUT2D eigenvalue weighted by atomic mass is 10.3. The van der Waals surface area contributed by atoms with Crippen molar-refractivity contribution < 1.29 is 4.74 Å². The number of hydrogen-bond donors (Lipinski definition) is 1. The first-order chi connectivity index (χ1) is 9.60. The Hall–Kier alpha value is -0.810. The zero-order chi connectivity index (χ0) is 14.5. The molecule has 1 aromatic heterocycles. The number of nitrogens with one attached hydrogen (secondary N) is 1. The van der Waals surface area contributed by atoms with Crippen molar-refractivity contribution in [3.63, 3.8) is 0 Å². The van der Waals surface area contributed by atoms with E-state index >= 15 is 0 Å². The van der Waals surface area contributed by atoms with Crippen LogP contribution in [0.1, 0.15) is 12.5 Å². The second-order valence-corrected chi connectivity index (χ2v) is 5.79. The third kappa shape index (κ3) is 4.09. The summed E-state index contributed by atoms with van der Waals surface area (Å²) in [6.45, 7) is 3.67. The molecule has 3 nitrogen and oxygen atoms in total. The van der Waals surface area contributed by atoms with Crippen LogP contribution in [0.15, 0.2) is 34.9 Å². The maximum absolute atomic E-state index is 6.19. The molecule has 0 amide bonds. The first-order valence-electron chi connectivity index (χ1n) is 6.08. The van der Waals surface area contributed by atoms with Crippen LogP contribution in [0.25, 0.3) is 0 Å². The molecule has 2 aromatic rings. The zero-order valence-corrected chi connectivity index (χ0v) is 13.9. The molecule has 6 heteroatoms. The minimum atomic E-state index is 0.370. The van der Waals surface area contributed by atoms with Crippen molar-refractivity contribution in [2.24, 2.45) is 0 Å². The van der Waals surface area contributed by atoms with Crippen LogP contribution >= 0.6 is 39.1 Å². The van der Waals surface area contributed by atoms with E-state index in [0.717, 1.165) is 23.1 Å². The van der Waals surface area contributed by atoms with Gasteiger partial charge in [0.15, 0.2) is 0 Å². The molecule has 0 radical (unpaired) electrons. The Labute approximate surface area is 136 Å². The number of aromatic nitrogens is 1. The normalized spacial score (nSPS) is 10.6. The summed E-state index contributed by atoms with van der Waals surface area (Å²) in [5, 5.41) is 4.32. The third-order valence-corrected chi connectivity index (χ3v) is 3.67. The van der Waals surface area contributed by atoms with E-state index in [0.29, 0.717) is 21.7 Å². The Morgan fingerprint density at radius 3 is 2.75 bits per heavy atom. The summed E-state index contributed by atoms with van der Waals surface area (Å²) in [4.78, 5) is 4.24. The fourth-order valence-corrected chi connectivity index (χ4v) is 2.56. The van der Waals surface area contributed by atoms with E-state index in [4.69, 9.17) is 27.9 Å². The van der Waals surface area contributed by atoms with Gasteiger partial charge in [0.25, 0.3) is 0 Å². The van der Waals surface area contributed by atoms with E-state index in [1.54, 1.807) is 24.4 Å². The van der Waals surface area contributed by atoms with Gasteiger partial charge in [0.2, 0.25) is 5.88 Å². The van der Waals surface area contributed by atoms with E-state index in [1.165, 1.54) is 0 Å². The highest BCUT2D eigenvalue weighted by Crippen LogP contribution is 2.34. The summed E-state index contributed by atoms with van der Waals surface area (Å²) in [5.74, 6) is 0.984. The maximum Gasteiger partial charge on any atom is 0.238 e. The van der Waals surface area contributed by atoms with Crippen molar-refractivity contribution in [2.45, 2.75) is 13.5 Å². The summed E-state index contributed by atoms with van der Waals surface area (Å²) in [7, 11) is 0. The third-order valence-electron chi connectivity index (χ3n) is 2.54. The number of benzene rings is 1. The number of rotatable bonds is 5. The molecule has 0 unspecified atom stereocenters. The minimum Gasteiger partial charge on any atom is -0.436 e. The van der Waals surface area contributed by atoms with E-state index in [1.807, 2.05) is 13.0 Å². The quantitative estimate of drug-likeness (QED) is 0.793. The molecule has 0 aliphatic carbocycles. The highest BCUT2D eigenvalue weighted by atomic mass is 79.9. The first kappa shape index (κ1) is 15.6. The van der Waals surface area contributed by atoms with Crippen LogP contribution in [0.2, 0.25) is 10.0 Å². The van der Waals surface area contributed by atoms with Crippen LogP contribution in [-0.4, -0.2) is 11.5 Å². The molecule has 0 fully saturated rings. The van der Waals surface area contributed by atoms with Gasteiger partial charge in [0.1, 0.15) is 10.8 Å². The van der Waals surface area contributed by atoms with Crippen molar-refractivity contribution in [1.82, 2.24) is 10.3 Å². The number of ether oxygens (including phenoxy) is 1. The zero-order valence-electron chi connectivity index (χ0n) is 10.8. The number of pyridine rings is 1. The number of halogens is 3. The monoisotopic (exact) mass is 374 g/mol. The van der Waals surface area contributed by atoms with Gasteiger partial charge in [0, 0.05) is 17.8 Å². The minimum absolute atomic E-state index is 0.370. The van der Waals surface area contributed by atoms with Crippen LogP contribution in [0.3, 0.4) is 0 Å². The predicted molar refractivity (Wildman–Crippen MR) is 85.9 cm³/mol.